The molecule has 0 amide bonds. The Morgan fingerprint density at radius 1 is 1.20 bits per heavy atom. The number of hydrogen-bond acceptors (Lipinski definition) is 1. The van der Waals surface area contributed by atoms with Crippen LogP contribution in [0.5, 0.6) is 0 Å². The third kappa shape index (κ3) is 2.90. The van der Waals surface area contributed by atoms with Crippen molar-refractivity contribution in [1.29, 1.82) is 0 Å². The maximum atomic E-state index is 13.4. The van der Waals surface area contributed by atoms with Crippen LogP contribution in [0.3, 0.4) is 0 Å². The zero-order valence-corrected chi connectivity index (χ0v) is 13.9. The Labute approximate surface area is 128 Å². The van der Waals surface area contributed by atoms with E-state index in [9.17, 15) is 4.39 Å². The second kappa shape index (κ2) is 6.00. The summed E-state index contributed by atoms with van der Waals surface area (Å²) >= 11 is 3.23. The molecule has 20 heavy (non-hydrogen) atoms. The molecule has 0 saturated heterocycles. The number of hydrogen-bond donors (Lipinski definition) is 1. The number of aromatic nitrogens is 1. The molecule has 1 heterocycles. The predicted molar refractivity (Wildman–Crippen MR) is 85.7 cm³/mol. The number of benzene rings is 1. The van der Waals surface area contributed by atoms with Gasteiger partial charge in [-0.3, -0.25) is 0 Å². The fourth-order valence-corrected chi connectivity index (χ4v) is 2.91. The van der Waals surface area contributed by atoms with Crippen LogP contribution in [-0.2, 0) is 13.1 Å². The lowest BCUT2D eigenvalue weighted by Gasteiger charge is -2.11. The quantitative estimate of drug-likeness (QED) is 0.834. The Kier molecular flexibility index (Phi) is 4.53. The van der Waals surface area contributed by atoms with Crippen molar-refractivity contribution in [3.8, 4) is 0 Å². The fraction of sp³-hybridized carbons (Fsp3) is 0.375. The van der Waals surface area contributed by atoms with Crippen molar-refractivity contribution in [1.82, 2.24) is 4.57 Å². The van der Waals surface area contributed by atoms with Gasteiger partial charge in [-0.15, -0.1) is 0 Å². The lowest BCUT2D eigenvalue weighted by atomic mass is 10.2. The minimum absolute atomic E-state index is 0.225. The van der Waals surface area contributed by atoms with Gasteiger partial charge in [-0.25, -0.2) is 4.39 Å². The van der Waals surface area contributed by atoms with Crippen molar-refractivity contribution in [2.45, 2.75) is 40.8 Å². The van der Waals surface area contributed by atoms with E-state index in [0.29, 0.717) is 4.47 Å². The van der Waals surface area contributed by atoms with Gasteiger partial charge in [0.25, 0.3) is 0 Å². The Bertz CT molecular complexity index is 632. The Balaban J connectivity index is 2.19. The molecule has 4 heteroatoms. The lowest BCUT2D eigenvalue weighted by Crippen LogP contribution is -2.04. The highest BCUT2D eigenvalue weighted by molar-refractivity contribution is 9.10. The van der Waals surface area contributed by atoms with Crippen LogP contribution in [0.4, 0.5) is 10.1 Å². The van der Waals surface area contributed by atoms with E-state index in [-0.39, 0.29) is 5.82 Å². The third-order valence-electron chi connectivity index (χ3n) is 3.73. The summed E-state index contributed by atoms with van der Waals surface area (Å²) in [5.74, 6) is -0.225. The molecule has 0 radical (unpaired) electrons. The van der Waals surface area contributed by atoms with E-state index < -0.39 is 0 Å². The van der Waals surface area contributed by atoms with Crippen LogP contribution >= 0.6 is 15.9 Å². The summed E-state index contributed by atoms with van der Waals surface area (Å²) in [6.45, 7) is 10.1. The van der Waals surface area contributed by atoms with E-state index in [0.717, 1.165) is 24.3 Å². The number of anilines is 1. The van der Waals surface area contributed by atoms with E-state index in [1.54, 1.807) is 12.1 Å². The van der Waals surface area contributed by atoms with Crippen LogP contribution in [0.2, 0.25) is 0 Å². The standard InChI is InChI=1S/C16H20BrFN2/c1-5-20-11(3)7-13(12(20)4)9-19-16-8-14(17)15(18)6-10(16)2/h6-8,19H,5,9H2,1-4H3. The summed E-state index contributed by atoms with van der Waals surface area (Å²) in [7, 11) is 0. The van der Waals surface area contributed by atoms with E-state index in [1.165, 1.54) is 17.0 Å². The molecule has 0 bridgehead atoms. The molecule has 1 N–H and O–H groups in total. The molecule has 1 aromatic carbocycles. The molecular weight excluding hydrogens is 319 g/mol. The van der Waals surface area contributed by atoms with Crippen LogP contribution in [0.25, 0.3) is 0 Å². The van der Waals surface area contributed by atoms with E-state index in [2.05, 4.69) is 52.7 Å². The van der Waals surface area contributed by atoms with E-state index in [1.807, 2.05) is 6.92 Å². The maximum Gasteiger partial charge on any atom is 0.137 e. The van der Waals surface area contributed by atoms with Gasteiger partial charge >= 0.3 is 0 Å². The van der Waals surface area contributed by atoms with Crippen molar-refractivity contribution in [2.75, 3.05) is 5.32 Å². The molecule has 2 aromatic rings. The second-order valence-corrected chi connectivity index (χ2v) is 5.93. The Morgan fingerprint density at radius 3 is 2.50 bits per heavy atom. The largest absolute Gasteiger partial charge is 0.381 e. The molecule has 0 spiro atoms. The number of rotatable bonds is 4. The summed E-state index contributed by atoms with van der Waals surface area (Å²) in [5.41, 5.74) is 5.72. The summed E-state index contributed by atoms with van der Waals surface area (Å²) < 4.78 is 16.2. The first kappa shape index (κ1) is 15.1. The van der Waals surface area contributed by atoms with Gasteiger partial charge in [0.2, 0.25) is 0 Å². The van der Waals surface area contributed by atoms with E-state index in [4.69, 9.17) is 0 Å². The van der Waals surface area contributed by atoms with Crippen LogP contribution in [-0.4, -0.2) is 4.57 Å². The van der Waals surface area contributed by atoms with Gasteiger partial charge in [-0.05, 0) is 73.0 Å². The number of halogens is 2. The Hall–Kier alpha value is -1.29. The SMILES string of the molecule is CCn1c(C)cc(CNc2cc(Br)c(F)cc2C)c1C. The average Bonchev–Trinajstić information content (AvgIpc) is 2.66. The van der Waals surface area contributed by atoms with E-state index >= 15 is 0 Å². The highest BCUT2D eigenvalue weighted by Crippen LogP contribution is 2.25. The van der Waals surface area contributed by atoms with Gasteiger partial charge in [0, 0.05) is 30.2 Å². The molecule has 0 aliphatic heterocycles. The van der Waals surface area contributed by atoms with Crippen molar-refractivity contribution < 1.29 is 4.39 Å². The second-order valence-electron chi connectivity index (χ2n) is 5.08. The lowest BCUT2D eigenvalue weighted by molar-refractivity contribution is 0.620. The third-order valence-corrected chi connectivity index (χ3v) is 4.34. The molecule has 2 nitrogen and oxygen atoms in total. The molecule has 0 saturated carbocycles. The van der Waals surface area contributed by atoms with Gasteiger partial charge in [0.1, 0.15) is 5.82 Å². The highest BCUT2D eigenvalue weighted by Gasteiger charge is 2.09. The number of nitrogens with zero attached hydrogens (tertiary/aromatic N) is 1. The number of aryl methyl sites for hydroxylation is 2. The van der Waals surface area contributed by atoms with Gasteiger partial charge in [0.05, 0.1) is 4.47 Å². The molecule has 0 unspecified atom stereocenters. The molecule has 2 rings (SSSR count). The van der Waals surface area contributed by atoms with Gasteiger partial charge < -0.3 is 9.88 Å². The van der Waals surface area contributed by atoms with Gasteiger partial charge in [-0.1, -0.05) is 0 Å². The summed E-state index contributed by atoms with van der Waals surface area (Å²) in [6.07, 6.45) is 0. The minimum Gasteiger partial charge on any atom is -0.381 e. The first-order valence-corrected chi connectivity index (χ1v) is 7.58. The van der Waals surface area contributed by atoms with Gasteiger partial charge in [0.15, 0.2) is 0 Å². The average molecular weight is 339 g/mol. The smallest absolute Gasteiger partial charge is 0.137 e. The van der Waals surface area contributed by atoms with Crippen LogP contribution < -0.4 is 5.32 Å². The zero-order chi connectivity index (χ0) is 14.9. The normalized spacial score (nSPS) is 10.9. The molecular formula is C16H20BrFN2. The number of nitrogens with one attached hydrogen (secondary N) is 1. The minimum atomic E-state index is -0.225. The molecule has 1 aromatic heterocycles. The van der Waals surface area contributed by atoms with Crippen molar-refractivity contribution in [3.05, 3.63) is 51.0 Å². The van der Waals surface area contributed by atoms with Crippen molar-refractivity contribution in [3.63, 3.8) is 0 Å². The van der Waals surface area contributed by atoms with Crippen molar-refractivity contribution in [2.24, 2.45) is 0 Å². The van der Waals surface area contributed by atoms with Crippen LogP contribution in [0.15, 0.2) is 22.7 Å². The predicted octanol–water partition coefficient (Wildman–Crippen LogP) is 4.95. The Morgan fingerprint density at radius 2 is 1.90 bits per heavy atom. The topological polar surface area (TPSA) is 17.0 Å². The molecule has 0 aliphatic carbocycles. The summed E-state index contributed by atoms with van der Waals surface area (Å²) in [6, 6.07) is 5.55. The zero-order valence-electron chi connectivity index (χ0n) is 12.3. The molecule has 0 fully saturated rings. The first-order chi connectivity index (χ1) is 9.43. The van der Waals surface area contributed by atoms with Crippen molar-refractivity contribution >= 4 is 21.6 Å². The summed E-state index contributed by atoms with van der Waals surface area (Å²) in [5, 5.41) is 3.39. The van der Waals surface area contributed by atoms with Gasteiger partial charge in [-0.2, -0.15) is 0 Å². The monoisotopic (exact) mass is 338 g/mol. The maximum absolute atomic E-state index is 13.4. The fourth-order valence-electron chi connectivity index (χ4n) is 2.57. The molecule has 0 aliphatic rings. The highest BCUT2D eigenvalue weighted by atomic mass is 79.9. The molecule has 108 valence electrons. The van der Waals surface area contributed by atoms with Crippen LogP contribution in [0, 0.1) is 26.6 Å². The van der Waals surface area contributed by atoms with Crippen LogP contribution in [0.1, 0.15) is 29.4 Å². The first-order valence-electron chi connectivity index (χ1n) is 6.79. The summed E-state index contributed by atoms with van der Waals surface area (Å²) in [4.78, 5) is 0. The molecule has 0 atom stereocenters.